The molecular formula is C13H12FNO3. The number of carbonyl (C=O) groups is 1. The van der Waals surface area contributed by atoms with Crippen LogP contribution in [0.4, 0.5) is 4.39 Å². The van der Waals surface area contributed by atoms with E-state index in [0.29, 0.717) is 18.8 Å². The maximum atomic E-state index is 12.7. The van der Waals surface area contributed by atoms with Crippen molar-refractivity contribution < 1.29 is 18.7 Å². The number of hydrogen-bond donors (Lipinski definition) is 2. The SMILES string of the molecule is O=C(O)c1coc(CNCc2ccc(F)cc2)c1. The van der Waals surface area contributed by atoms with Crippen LogP contribution in [0.15, 0.2) is 41.0 Å². The van der Waals surface area contributed by atoms with Crippen molar-refractivity contribution >= 4 is 5.97 Å². The van der Waals surface area contributed by atoms with E-state index in [2.05, 4.69) is 5.32 Å². The highest BCUT2D eigenvalue weighted by Gasteiger charge is 2.07. The van der Waals surface area contributed by atoms with Gasteiger partial charge in [0.05, 0.1) is 12.1 Å². The number of aromatic carboxylic acids is 1. The summed E-state index contributed by atoms with van der Waals surface area (Å²) < 4.78 is 17.7. The summed E-state index contributed by atoms with van der Waals surface area (Å²) in [5.41, 5.74) is 1.08. The highest BCUT2D eigenvalue weighted by Crippen LogP contribution is 2.08. The third kappa shape index (κ3) is 3.18. The van der Waals surface area contributed by atoms with Gasteiger partial charge in [-0.1, -0.05) is 12.1 Å². The van der Waals surface area contributed by atoms with Gasteiger partial charge in [-0.3, -0.25) is 0 Å². The Morgan fingerprint density at radius 1 is 1.28 bits per heavy atom. The quantitative estimate of drug-likeness (QED) is 0.854. The van der Waals surface area contributed by atoms with Crippen LogP contribution in [0.2, 0.25) is 0 Å². The summed E-state index contributed by atoms with van der Waals surface area (Å²) in [7, 11) is 0. The summed E-state index contributed by atoms with van der Waals surface area (Å²) in [6, 6.07) is 7.64. The largest absolute Gasteiger partial charge is 0.478 e. The minimum atomic E-state index is -1.01. The molecule has 0 aliphatic carbocycles. The number of rotatable bonds is 5. The number of carboxylic acid groups (broad SMARTS) is 1. The summed E-state index contributed by atoms with van der Waals surface area (Å²) in [5.74, 6) is -0.728. The molecule has 2 aromatic rings. The first-order chi connectivity index (χ1) is 8.65. The lowest BCUT2D eigenvalue weighted by molar-refractivity contribution is 0.0696. The van der Waals surface area contributed by atoms with Crippen LogP contribution in [-0.4, -0.2) is 11.1 Å². The highest BCUT2D eigenvalue weighted by molar-refractivity contribution is 5.87. The molecule has 94 valence electrons. The van der Waals surface area contributed by atoms with Gasteiger partial charge in [-0.25, -0.2) is 9.18 Å². The zero-order chi connectivity index (χ0) is 13.0. The minimum Gasteiger partial charge on any atom is -0.478 e. The first kappa shape index (κ1) is 12.3. The Morgan fingerprint density at radius 3 is 2.61 bits per heavy atom. The Balaban J connectivity index is 1.84. The van der Waals surface area contributed by atoms with E-state index >= 15 is 0 Å². The Labute approximate surface area is 103 Å². The zero-order valence-electron chi connectivity index (χ0n) is 9.52. The van der Waals surface area contributed by atoms with Gasteiger partial charge in [0.2, 0.25) is 0 Å². The van der Waals surface area contributed by atoms with Crippen LogP contribution < -0.4 is 5.32 Å². The van der Waals surface area contributed by atoms with Gasteiger partial charge in [0.1, 0.15) is 17.8 Å². The predicted molar refractivity (Wildman–Crippen MR) is 62.6 cm³/mol. The molecule has 0 spiro atoms. The summed E-state index contributed by atoms with van der Waals surface area (Å²) in [5, 5.41) is 11.8. The maximum Gasteiger partial charge on any atom is 0.338 e. The molecule has 1 aromatic carbocycles. The van der Waals surface area contributed by atoms with Crippen LogP contribution in [0.3, 0.4) is 0 Å². The summed E-state index contributed by atoms with van der Waals surface area (Å²) in [6.07, 6.45) is 1.21. The van der Waals surface area contributed by atoms with Crippen molar-refractivity contribution in [3.8, 4) is 0 Å². The molecule has 0 bridgehead atoms. The second kappa shape index (κ2) is 5.46. The number of hydrogen-bond acceptors (Lipinski definition) is 3. The van der Waals surface area contributed by atoms with E-state index in [9.17, 15) is 9.18 Å². The van der Waals surface area contributed by atoms with E-state index in [1.807, 2.05) is 0 Å². The van der Waals surface area contributed by atoms with Crippen molar-refractivity contribution in [2.45, 2.75) is 13.1 Å². The lowest BCUT2D eigenvalue weighted by Crippen LogP contribution is -2.12. The molecule has 0 atom stereocenters. The van der Waals surface area contributed by atoms with Crippen LogP contribution in [-0.2, 0) is 13.1 Å². The normalized spacial score (nSPS) is 10.5. The molecule has 1 aromatic heterocycles. The fourth-order valence-electron chi connectivity index (χ4n) is 1.52. The number of furan rings is 1. The third-order valence-corrected chi connectivity index (χ3v) is 2.44. The zero-order valence-corrected chi connectivity index (χ0v) is 9.52. The fourth-order valence-corrected chi connectivity index (χ4v) is 1.52. The molecule has 1 heterocycles. The Bertz CT molecular complexity index is 533. The predicted octanol–water partition coefficient (Wildman–Crippen LogP) is 2.41. The Hall–Kier alpha value is -2.14. The number of benzene rings is 1. The van der Waals surface area contributed by atoms with Crippen molar-refractivity contribution in [1.82, 2.24) is 5.32 Å². The van der Waals surface area contributed by atoms with Crippen molar-refractivity contribution in [2.75, 3.05) is 0 Å². The van der Waals surface area contributed by atoms with E-state index in [1.165, 1.54) is 24.5 Å². The molecule has 2 N–H and O–H groups in total. The van der Waals surface area contributed by atoms with Crippen molar-refractivity contribution in [2.24, 2.45) is 0 Å². The topological polar surface area (TPSA) is 62.5 Å². The van der Waals surface area contributed by atoms with Gasteiger partial charge in [0.15, 0.2) is 0 Å². The van der Waals surface area contributed by atoms with Gasteiger partial charge < -0.3 is 14.8 Å². The molecule has 0 saturated carbocycles. The van der Waals surface area contributed by atoms with Gasteiger partial charge in [-0.05, 0) is 23.8 Å². The highest BCUT2D eigenvalue weighted by atomic mass is 19.1. The van der Waals surface area contributed by atoms with E-state index in [1.54, 1.807) is 12.1 Å². The molecule has 18 heavy (non-hydrogen) atoms. The van der Waals surface area contributed by atoms with Crippen LogP contribution in [0.25, 0.3) is 0 Å². The third-order valence-electron chi connectivity index (χ3n) is 2.44. The molecule has 2 rings (SSSR count). The molecule has 0 saturated heterocycles. The molecule has 0 aliphatic heterocycles. The number of nitrogens with one attached hydrogen (secondary N) is 1. The number of carboxylic acids is 1. The summed E-state index contributed by atoms with van der Waals surface area (Å²) >= 11 is 0. The first-order valence-electron chi connectivity index (χ1n) is 5.41. The molecular weight excluding hydrogens is 237 g/mol. The molecule has 0 fully saturated rings. The van der Waals surface area contributed by atoms with Crippen LogP contribution >= 0.6 is 0 Å². The molecule has 5 heteroatoms. The van der Waals surface area contributed by atoms with E-state index in [4.69, 9.17) is 9.52 Å². The second-order valence-corrected chi connectivity index (χ2v) is 3.84. The van der Waals surface area contributed by atoms with Crippen LogP contribution in [0.1, 0.15) is 21.7 Å². The summed E-state index contributed by atoms with van der Waals surface area (Å²) in [4.78, 5) is 10.6. The molecule has 0 amide bonds. The lowest BCUT2D eigenvalue weighted by Gasteiger charge is -2.02. The first-order valence-corrected chi connectivity index (χ1v) is 5.41. The maximum absolute atomic E-state index is 12.7. The standard InChI is InChI=1S/C13H12FNO3/c14-11-3-1-9(2-4-11)6-15-7-12-5-10(8-18-12)13(16)17/h1-5,8,15H,6-7H2,(H,16,17). The summed E-state index contributed by atoms with van der Waals surface area (Å²) in [6.45, 7) is 0.980. The van der Waals surface area contributed by atoms with Crippen molar-refractivity contribution in [3.05, 3.63) is 59.3 Å². The monoisotopic (exact) mass is 249 g/mol. The van der Waals surface area contributed by atoms with Gasteiger partial charge in [0.25, 0.3) is 0 Å². The minimum absolute atomic E-state index is 0.133. The molecule has 0 unspecified atom stereocenters. The van der Waals surface area contributed by atoms with E-state index in [-0.39, 0.29) is 11.4 Å². The lowest BCUT2D eigenvalue weighted by atomic mass is 10.2. The van der Waals surface area contributed by atoms with Gasteiger partial charge >= 0.3 is 5.97 Å². The van der Waals surface area contributed by atoms with Crippen molar-refractivity contribution in [3.63, 3.8) is 0 Å². The molecule has 4 nitrogen and oxygen atoms in total. The van der Waals surface area contributed by atoms with Crippen LogP contribution in [0, 0.1) is 5.82 Å². The van der Waals surface area contributed by atoms with Gasteiger partial charge in [-0.15, -0.1) is 0 Å². The van der Waals surface area contributed by atoms with Gasteiger partial charge in [0, 0.05) is 6.54 Å². The molecule has 0 radical (unpaired) electrons. The molecule has 0 aliphatic rings. The second-order valence-electron chi connectivity index (χ2n) is 3.84. The van der Waals surface area contributed by atoms with Gasteiger partial charge in [-0.2, -0.15) is 0 Å². The average Bonchev–Trinajstić information content (AvgIpc) is 2.81. The smallest absolute Gasteiger partial charge is 0.338 e. The van der Waals surface area contributed by atoms with E-state index in [0.717, 1.165) is 5.56 Å². The average molecular weight is 249 g/mol. The number of halogens is 1. The van der Waals surface area contributed by atoms with Crippen LogP contribution in [0.5, 0.6) is 0 Å². The Kier molecular flexibility index (Phi) is 3.74. The van der Waals surface area contributed by atoms with E-state index < -0.39 is 5.97 Å². The Morgan fingerprint density at radius 2 is 2.00 bits per heavy atom. The fraction of sp³-hybridized carbons (Fsp3) is 0.154. The van der Waals surface area contributed by atoms with Crippen molar-refractivity contribution in [1.29, 1.82) is 0 Å².